The second-order valence-electron chi connectivity index (χ2n) is 8.38. The maximum atomic E-state index is 12.9. The Morgan fingerprint density at radius 3 is 2.48 bits per heavy atom. The van der Waals surface area contributed by atoms with Gasteiger partial charge >= 0.3 is 0 Å². The third-order valence-corrected chi connectivity index (χ3v) is 7.48. The van der Waals surface area contributed by atoms with Gasteiger partial charge in [-0.1, -0.05) is 44.2 Å². The third-order valence-electron chi connectivity index (χ3n) is 5.71. The van der Waals surface area contributed by atoms with Crippen molar-refractivity contribution in [3.8, 4) is 0 Å². The molecule has 1 aromatic carbocycles. The first-order valence-corrected chi connectivity index (χ1v) is 11.4. The predicted molar refractivity (Wildman–Crippen MR) is 107 cm³/mol. The van der Waals surface area contributed by atoms with E-state index in [1.807, 2.05) is 18.2 Å². The van der Waals surface area contributed by atoms with Crippen molar-refractivity contribution in [2.75, 3.05) is 38.5 Å². The maximum Gasteiger partial charge on any atom is 0.225 e. The van der Waals surface area contributed by atoms with E-state index in [1.54, 1.807) is 11.2 Å². The summed E-state index contributed by atoms with van der Waals surface area (Å²) in [6.45, 7) is 9.61. The van der Waals surface area contributed by atoms with Crippen LogP contribution in [0.5, 0.6) is 0 Å². The average Bonchev–Trinajstić information content (AvgIpc) is 2.99. The van der Waals surface area contributed by atoms with Crippen molar-refractivity contribution in [1.29, 1.82) is 0 Å². The number of carbonyl (C=O) groups is 1. The molecule has 2 aliphatic heterocycles. The molecule has 0 bridgehead atoms. The van der Waals surface area contributed by atoms with Gasteiger partial charge in [0, 0.05) is 44.7 Å². The monoisotopic (exact) mass is 393 g/mol. The molecular formula is C20H31N3O3S. The summed E-state index contributed by atoms with van der Waals surface area (Å²) in [5, 5.41) is 3.07. The van der Waals surface area contributed by atoms with Crippen LogP contribution in [0.15, 0.2) is 30.3 Å². The van der Waals surface area contributed by atoms with E-state index in [1.165, 1.54) is 5.56 Å². The summed E-state index contributed by atoms with van der Waals surface area (Å²) < 4.78 is 25.9. The quantitative estimate of drug-likeness (QED) is 0.763. The van der Waals surface area contributed by atoms with Gasteiger partial charge in [-0.2, -0.15) is 0 Å². The number of likely N-dealkylation sites (tertiary alicyclic amines) is 1. The van der Waals surface area contributed by atoms with E-state index in [-0.39, 0.29) is 23.0 Å². The molecule has 6 nitrogen and oxygen atoms in total. The molecule has 27 heavy (non-hydrogen) atoms. The van der Waals surface area contributed by atoms with Crippen LogP contribution in [0.1, 0.15) is 26.3 Å². The van der Waals surface area contributed by atoms with Gasteiger partial charge in [0.05, 0.1) is 11.7 Å². The lowest BCUT2D eigenvalue weighted by atomic mass is 9.72. The van der Waals surface area contributed by atoms with E-state index in [9.17, 15) is 13.2 Å². The standard InChI is InChI=1S/C20H31N3O3S/c1-4-27(25,26)23-14-20(15-23)13-22(11-17-8-6-5-7-9-17)12-18(20)19(24)21-10-16(2)3/h5-9,16,18H,4,10-15H2,1-3H3,(H,21,24). The SMILES string of the molecule is CCS(=O)(=O)N1CC2(CN(Cc3ccccc3)CC2C(=O)NCC(C)C)C1. The van der Waals surface area contributed by atoms with Crippen LogP contribution in [0.2, 0.25) is 0 Å². The normalized spacial score (nSPS) is 22.9. The van der Waals surface area contributed by atoms with Crippen molar-refractivity contribution in [3.05, 3.63) is 35.9 Å². The van der Waals surface area contributed by atoms with Crippen molar-refractivity contribution in [2.24, 2.45) is 17.3 Å². The number of hydrogen-bond acceptors (Lipinski definition) is 4. The van der Waals surface area contributed by atoms with Crippen LogP contribution in [0.3, 0.4) is 0 Å². The van der Waals surface area contributed by atoms with Crippen LogP contribution in [0, 0.1) is 17.3 Å². The molecule has 0 aliphatic carbocycles. The molecule has 1 N–H and O–H groups in total. The van der Waals surface area contributed by atoms with E-state index in [4.69, 9.17) is 0 Å². The molecule has 1 spiro atoms. The molecule has 7 heteroatoms. The number of hydrogen-bond donors (Lipinski definition) is 1. The Labute approximate surface area is 163 Å². The Morgan fingerprint density at radius 2 is 1.89 bits per heavy atom. The number of sulfonamides is 1. The molecule has 1 unspecified atom stereocenters. The molecule has 150 valence electrons. The Hall–Kier alpha value is -1.44. The molecule has 1 atom stereocenters. The van der Waals surface area contributed by atoms with Crippen LogP contribution < -0.4 is 5.32 Å². The fourth-order valence-corrected chi connectivity index (χ4v) is 5.45. The summed E-state index contributed by atoms with van der Waals surface area (Å²) in [5.41, 5.74) is 0.950. The lowest BCUT2D eigenvalue weighted by Crippen LogP contribution is -2.64. The van der Waals surface area contributed by atoms with E-state index < -0.39 is 10.0 Å². The minimum absolute atomic E-state index is 0.0628. The largest absolute Gasteiger partial charge is 0.356 e. The Balaban J connectivity index is 1.73. The third kappa shape index (κ3) is 4.36. The zero-order valence-corrected chi connectivity index (χ0v) is 17.3. The van der Waals surface area contributed by atoms with E-state index in [0.29, 0.717) is 32.1 Å². The van der Waals surface area contributed by atoms with Crippen molar-refractivity contribution >= 4 is 15.9 Å². The fraction of sp³-hybridized carbons (Fsp3) is 0.650. The molecule has 0 aromatic heterocycles. The molecular weight excluding hydrogens is 362 g/mol. The van der Waals surface area contributed by atoms with E-state index >= 15 is 0 Å². The highest BCUT2D eigenvalue weighted by atomic mass is 32.2. The Morgan fingerprint density at radius 1 is 1.22 bits per heavy atom. The van der Waals surface area contributed by atoms with Crippen molar-refractivity contribution < 1.29 is 13.2 Å². The number of carbonyl (C=O) groups excluding carboxylic acids is 1. The van der Waals surface area contributed by atoms with Crippen molar-refractivity contribution in [3.63, 3.8) is 0 Å². The number of nitrogens with zero attached hydrogens (tertiary/aromatic N) is 2. The number of rotatable bonds is 7. The topological polar surface area (TPSA) is 69.7 Å². The Bertz CT molecular complexity index is 758. The summed E-state index contributed by atoms with van der Waals surface area (Å²) >= 11 is 0. The van der Waals surface area contributed by atoms with E-state index in [0.717, 1.165) is 13.1 Å². The van der Waals surface area contributed by atoms with Gasteiger partial charge in [-0.25, -0.2) is 12.7 Å². The van der Waals surface area contributed by atoms with Gasteiger partial charge < -0.3 is 5.32 Å². The van der Waals surface area contributed by atoms with E-state index in [2.05, 4.69) is 36.2 Å². The minimum atomic E-state index is -3.19. The van der Waals surface area contributed by atoms with Gasteiger partial charge in [-0.3, -0.25) is 9.69 Å². The van der Waals surface area contributed by atoms with Crippen LogP contribution in [-0.2, 0) is 21.4 Å². The zero-order valence-electron chi connectivity index (χ0n) is 16.5. The second kappa shape index (κ2) is 7.89. The molecule has 1 aromatic rings. The summed E-state index contributed by atoms with van der Waals surface area (Å²) in [7, 11) is -3.19. The summed E-state index contributed by atoms with van der Waals surface area (Å²) in [5.74, 6) is 0.405. The molecule has 0 saturated carbocycles. The summed E-state index contributed by atoms with van der Waals surface area (Å²) in [6.07, 6.45) is 0. The summed E-state index contributed by atoms with van der Waals surface area (Å²) in [4.78, 5) is 15.2. The molecule has 1 amide bonds. The van der Waals surface area contributed by atoms with Crippen LogP contribution in [0.25, 0.3) is 0 Å². The van der Waals surface area contributed by atoms with Gasteiger partial charge in [-0.05, 0) is 18.4 Å². The number of amides is 1. The van der Waals surface area contributed by atoms with Crippen LogP contribution in [-0.4, -0.2) is 62.0 Å². The molecule has 3 rings (SSSR count). The fourth-order valence-electron chi connectivity index (χ4n) is 4.18. The highest BCUT2D eigenvalue weighted by molar-refractivity contribution is 7.89. The van der Waals surface area contributed by atoms with Crippen LogP contribution in [0.4, 0.5) is 0 Å². The summed E-state index contributed by atoms with van der Waals surface area (Å²) in [6, 6.07) is 10.2. The molecule has 2 saturated heterocycles. The zero-order chi connectivity index (χ0) is 19.7. The van der Waals surface area contributed by atoms with Gasteiger partial charge in [-0.15, -0.1) is 0 Å². The van der Waals surface area contributed by atoms with Gasteiger partial charge in [0.1, 0.15) is 0 Å². The molecule has 2 fully saturated rings. The van der Waals surface area contributed by atoms with Crippen molar-refractivity contribution in [2.45, 2.75) is 27.3 Å². The first-order chi connectivity index (χ1) is 12.8. The lowest BCUT2D eigenvalue weighted by Gasteiger charge is -2.49. The highest BCUT2D eigenvalue weighted by Gasteiger charge is 2.58. The second-order valence-corrected chi connectivity index (χ2v) is 10.6. The first-order valence-electron chi connectivity index (χ1n) is 9.77. The minimum Gasteiger partial charge on any atom is -0.356 e. The van der Waals surface area contributed by atoms with Crippen molar-refractivity contribution in [1.82, 2.24) is 14.5 Å². The smallest absolute Gasteiger partial charge is 0.225 e. The Kier molecular flexibility index (Phi) is 5.93. The number of benzene rings is 1. The molecule has 2 heterocycles. The molecule has 2 aliphatic rings. The maximum absolute atomic E-state index is 12.9. The first kappa shape index (κ1) is 20.3. The molecule has 0 radical (unpaired) electrons. The van der Waals surface area contributed by atoms with Gasteiger partial charge in [0.2, 0.25) is 15.9 Å². The lowest BCUT2D eigenvalue weighted by molar-refractivity contribution is -0.130. The highest BCUT2D eigenvalue weighted by Crippen LogP contribution is 2.45. The van der Waals surface area contributed by atoms with Gasteiger partial charge in [0.25, 0.3) is 0 Å². The van der Waals surface area contributed by atoms with Gasteiger partial charge in [0.15, 0.2) is 0 Å². The average molecular weight is 394 g/mol. The number of nitrogens with one attached hydrogen (secondary N) is 1. The predicted octanol–water partition coefficient (Wildman–Crippen LogP) is 1.54. The van der Waals surface area contributed by atoms with Crippen LogP contribution >= 0.6 is 0 Å².